The maximum Gasteiger partial charge on any atom is 0.258 e. The first-order valence-electron chi connectivity index (χ1n) is 9.48. The number of para-hydroxylation sites is 1. The van der Waals surface area contributed by atoms with E-state index < -0.39 is 0 Å². The van der Waals surface area contributed by atoms with Gasteiger partial charge in [0.25, 0.3) is 5.91 Å². The zero-order valence-electron chi connectivity index (χ0n) is 16.0. The van der Waals surface area contributed by atoms with Crippen LogP contribution in [0, 0.1) is 5.92 Å². The van der Waals surface area contributed by atoms with E-state index in [1.807, 2.05) is 36.4 Å². The Kier molecular flexibility index (Phi) is 6.24. The predicted molar refractivity (Wildman–Crippen MR) is 109 cm³/mol. The zero-order valence-corrected chi connectivity index (χ0v) is 16.0. The molecular formula is C22H27N3O2. The predicted octanol–water partition coefficient (Wildman–Crippen LogP) is 3.63. The monoisotopic (exact) mass is 365 g/mol. The molecule has 0 spiro atoms. The summed E-state index contributed by atoms with van der Waals surface area (Å²) in [5.41, 5.74) is 2.03. The molecule has 0 saturated carbocycles. The van der Waals surface area contributed by atoms with E-state index in [1.54, 1.807) is 30.1 Å². The largest absolute Gasteiger partial charge is 0.325 e. The number of hydrogen-bond donors (Lipinski definition) is 1. The van der Waals surface area contributed by atoms with Crippen LogP contribution in [0.15, 0.2) is 54.6 Å². The van der Waals surface area contributed by atoms with E-state index >= 15 is 0 Å². The third-order valence-electron chi connectivity index (χ3n) is 5.08. The van der Waals surface area contributed by atoms with Crippen molar-refractivity contribution in [1.29, 1.82) is 0 Å². The molecule has 2 aromatic rings. The number of likely N-dealkylation sites (tertiary alicyclic amines) is 1. The Hall–Kier alpha value is -2.66. The summed E-state index contributed by atoms with van der Waals surface area (Å²) < 4.78 is 0. The highest BCUT2D eigenvalue weighted by Crippen LogP contribution is 2.18. The molecule has 5 nitrogen and oxygen atoms in total. The van der Waals surface area contributed by atoms with E-state index in [1.165, 1.54) is 0 Å². The second kappa shape index (κ2) is 8.82. The quantitative estimate of drug-likeness (QED) is 0.880. The number of amides is 2. The molecule has 1 heterocycles. The van der Waals surface area contributed by atoms with Gasteiger partial charge in [0.15, 0.2) is 0 Å². The van der Waals surface area contributed by atoms with Gasteiger partial charge in [-0.1, -0.05) is 31.2 Å². The fraction of sp³-hybridized carbons (Fsp3) is 0.364. The van der Waals surface area contributed by atoms with Gasteiger partial charge in [-0.2, -0.15) is 0 Å². The summed E-state index contributed by atoms with van der Waals surface area (Å²) in [5, 5.41) is 2.92. The van der Waals surface area contributed by atoms with E-state index in [0.29, 0.717) is 17.8 Å². The summed E-state index contributed by atoms with van der Waals surface area (Å²) in [6.45, 7) is 4.59. The van der Waals surface area contributed by atoms with Crippen molar-refractivity contribution < 1.29 is 9.59 Å². The van der Waals surface area contributed by atoms with E-state index in [9.17, 15) is 9.59 Å². The van der Waals surface area contributed by atoms with Crippen LogP contribution in [0.4, 0.5) is 11.4 Å². The van der Waals surface area contributed by atoms with Crippen molar-refractivity contribution in [1.82, 2.24) is 4.90 Å². The van der Waals surface area contributed by atoms with Crippen LogP contribution in [0.25, 0.3) is 0 Å². The summed E-state index contributed by atoms with van der Waals surface area (Å²) in [7, 11) is 1.75. The van der Waals surface area contributed by atoms with Gasteiger partial charge in [-0.05, 0) is 62.2 Å². The van der Waals surface area contributed by atoms with Gasteiger partial charge in [-0.15, -0.1) is 0 Å². The molecule has 0 aromatic heterocycles. The lowest BCUT2D eigenvalue weighted by Crippen LogP contribution is -2.38. The van der Waals surface area contributed by atoms with E-state index in [4.69, 9.17) is 0 Å². The van der Waals surface area contributed by atoms with Crippen LogP contribution in [0.3, 0.4) is 0 Å². The maximum atomic E-state index is 12.7. The summed E-state index contributed by atoms with van der Waals surface area (Å²) >= 11 is 0. The Morgan fingerprint density at radius 3 is 2.48 bits per heavy atom. The summed E-state index contributed by atoms with van der Waals surface area (Å²) in [4.78, 5) is 28.9. The molecule has 0 bridgehead atoms. The van der Waals surface area contributed by atoms with Crippen molar-refractivity contribution in [2.45, 2.75) is 19.8 Å². The Morgan fingerprint density at radius 1 is 1.07 bits per heavy atom. The summed E-state index contributed by atoms with van der Waals surface area (Å²) in [6, 6.07) is 16.6. The molecule has 0 atom stereocenters. The van der Waals surface area contributed by atoms with Crippen molar-refractivity contribution in [3.05, 3.63) is 60.2 Å². The Labute approximate surface area is 161 Å². The first kappa shape index (κ1) is 19.1. The lowest BCUT2D eigenvalue weighted by molar-refractivity contribution is -0.117. The minimum atomic E-state index is -0.109. The number of nitrogens with one attached hydrogen (secondary N) is 1. The number of piperidine rings is 1. The fourth-order valence-electron chi connectivity index (χ4n) is 3.32. The number of anilines is 2. The van der Waals surface area contributed by atoms with Gasteiger partial charge in [-0.3, -0.25) is 14.5 Å². The highest BCUT2D eigenvalue weighted by molar-refractivity contribution is 6.06. The molecule has 1 aliphatic heterocycles. The molecule has 1 N–H and O–H groups in total. The van der Waals surface area contributed by atoms with Crippen LogP contribution in [0.5, 0.6) is 0 Å². The number of rotatable bonds is 5. The second-order valence-electron chi connectivity index (χ2n) is 7.29. The molecule has 2 amide bonds. The maximum absolute atomic E-state index is 12.7. The molecule has 1 fully saturated rings. The second-order valence-corrected chi connectivity index (χ2v) is 7.29. The van der Waals surface area contributed by atoms with Crippen molar-refractivity contribution in [2.24, 2.45) is 5.92 Å². The molecule has 0 radical (unpaired) electrons. The summed E-state index contributed by atoms with van der Waals surface area (Å²) in [5.74, 6) is 0.599. The average molecular weight is 365 g/mol. The molecule has 5 heteroatoms. The van der Waals surface area contributed by atoms with Crippen LogP contribution < -0.4 is 10.2 Å². The summed E-state index contributed by atoms with van der Waals surface area (Å²) in [6.07, 6.45) is 2.28. The lowest BCUT2D eigenvalue weighted by atomic mass is 9.99. The fourth-order valence-corrected chi connectivity index (χ4v) is 3.32. The van der Waals surface area contributed by atoms with Crippen molar-refractivity contribution in [2.75, 3.05) is 36.9 Å². The van der Waals surface area contributed by atoms with E-state index in [-0.39, 0.29) is 11.8 Å². The van der Waals surface area contributed by atoms with Gasteiger partial charge in [0.1, 0.15) is 0 Å². The minimum absolute atomic E-state index is 0.0365. The molecule has 142 valence electrons. The van der Waals surface area contributed by atoms with Gasteiger partial charge in [0.05, 0.1) is 6.54 Å². The Balaban J connectivity index is 1.61. The van der Waals surface area contributed by atoms with Gasteiger partial charge in [0.2, 0.25) is 5.91 Å². The van der Waals surface area contributed by atoms with Crippen LogP contribution in [-0.2, 0) is 4.79 Å². The molecule has 27 heavy (non-hydrogen) atoms. The lowest BCUT2D eigenvalue weighted by Gasteiger charge is -2.29. The van der Waals surface area contributed by atoms with Gasteiger partial charge in [-0.25, -0.2) is 0 Å². The average Bonchev–Trinajstić information content (AvgIpc) is 2.69. The Bertz CT molecular complexity index is 783. The topological polar surface area (TPSA) is 52.7 Å². The minimum Gasteiger partial charge on any atom is -0.325 e. The number of nitrogens with zero attached hydrogens (tertiary/aromatic N) is 2. The van der Waals surface area contributed by atoms with Gasteiger partial charge < -0.3 is 10.2 Å². The Morgan fingerprint density at radius 2 is 1.78 bits per heavy atom. The molecular weight excluding hydrogens is 338 g/mol. The van der Waals surface area contributed by atoms with Crippen LogP contribution in [0.2, 0.25) is 0 Å². The number of carbonyl (C=O) groups is 2. The molecule has 1 aliphatic rings. The first-order valence-corrected chi connectivity index (χ1v) is 9.48. The smallest absolute Gasteiger partial charge is 0.258 e. The third kappa shape index (κ3) is 5.17. The van der Waals surface area contributed by atoms with E-state index in [0.717, 1.165) is 37.5 Å². The first-order chi connectivity index (χ1) is 13.0. The third-order valence-corrected chi connectivity index (χ3v) is 5.08. The number of carbonyl (C=O) groups excluding carboxylic acids is 2. The van der Waals surface area contributed by atoms with Crippen molar-refractivity contribution in [3.8, 4) is 0 Å². The van der Waals surface area contributed by atoms with E-state index in [2.05, 4.69) is 17.1 Å². The van der Waals surface area contributed by atoms with Crippen molar-refractivity contribution >= 4 is 23.2 Å². The zero-order chi connectivity index (χ0) is 19.2. The standard InChI is InChI=1S/C22H27N3O2/c1-17-11-13-25(14-12-17)16-21(26)23-19-8-6-7-18(15-19)22(27)24(2)20-9-4-3-5-10-20/h3-10,15,17H,11-14,16H2,1-2H3,(H,23,26). The SMILES string of the molecule is CC1CCN(CC(=O)Nc2cccc(C(=O)N(C)c3ccccc3)c2)CC1. The molecule has 3 rings (SSSR count). The molecule has 0 unspecified atom stereocenters. The molecule has 2 aromatic carbocycles. The number of benzene rings is 2. The van der Waals surface area contributed by atoms with Gasteiger partial charge in [0, 0.05) is 24.0 Å². The highest BCUT2D eigenvalue weighted by Gasteiger charge is 2.18. The van der Waals surface area contributed by atoms with Crippen molar-refractivity contribution in [3.63, 3.8) is 0 Å². The van der Waals surface area contributed by atoms with Crippen LogP contribution >= 0.6 is 0 Å². The van der Waals surface area contributed by atoms with Crippen LogP contribution in [-0.4, -0.2) is 43.4 Å². The normalized spacial score (nSPS) is 15.3. The van der Waals surface area contributed by atoms with Gasteiger partial charge >= 0.3 is 0 Å². The number of hydrogen-bond acceptors (Lipinski definition) is 3. The van der Waals surface area contributed by atoms with Crippen LogP contribution in [0.1, 0.15) is 30.1 Å². The highest BCUT2D eigenvalue weighted by atomic mass is 16.2. The molecule has 0 aliphatic carbocycles. The molecule has 1 saturated heterocycles.